The molecule has 4 rings (SSSR count). The molecule has 170 valence electrons. The lowest BCUT2D eigenvalue weighted by molar-refractivity contribution is -0.0263. The van der Waals surface area contributed by atoms with Crippen LogP contribution >= 0.6 is 0 Å². The van der Waals surface area contributed by atoms with Crippen LogP contribution in [0, 0.1) is 17.1 Å². The van der Waals surface area contributed by atoms with E-state index in [4.69, 9.17) is 14.7 Å². The van der Waals surface area contributed by atoms with Crippen LogP contribution in [0.3, 0.4) is 0 Å². The van der Waals surface area contributed by atoms with Crippen LogP contribution < -0.4 is 9.64 Å². The molecule has 3 aromatic rings. The molecule has 1 aromatic carbocycles. The van der Waals surface area contributed by atoms with E-state index >= 15 is 0 Å². The Morgan fingerprint density at radius 3 is 2.67 bits per heavy atom. The normalized spacial score (nSPS) is 14.4. The number of hydrogen-bond acceptors (Lipinski definition) is 6. The SMILES string of the molecule is COC(=O)c1cc(-c2ncc(N3CC(F)(F)C3)cc2OCc2cc(F)cc(C#N)c2)n(C)c1. The van der Waals surface area contributed by atoms with Crippen LogP contribution in [-0.2, 0) is 18.4 Å². The van der Waals surface area contributed by atoms with Crippen molar-refractivity contribution in [3.05, 3.63) is 65.2 Å². The van der Waals surface area contributed by atoms with E-state index in [2.05, 4.69) is 4.98 Å². The van der Waals surface area contributed by atoms with Crippen LogP contribution in [0.5, 0.6) is 5.75 Å². The number of anilines is 1. The maximum Gasteiger partial charge on any atom is 0.339 e. The lowest BCUT2D eigenvalue weighted by atomic mass is 10.1. The van der Waals surface area contributed by atoms with Crippen LogP contribution in [-0.4, -0.2) is 41.6 Å². The Morgan fingerprint density at radius 2 is 2.00 bits per heavy atom. The summed E-state index contributed by atoms with van der Waals surface area (Å²) in [6.07, 6.45) is 3.03. The fraction of sp³-hybridized carbons (Fsp3) is 0.261. The fourth-order valence-electron chi connectivity index (χ4n) is 3.59. The van der Waals surface area contributed by atoms with Gasteiger partial charge in [-0.2, -0.15) is 5.26 Å². The van der Waals surface area contributed by atoms with Crippen LogP contribution in [0.1, 0.15) is 21.5 Å². The molecule has 0 atom stereocenters. The minimum Gasteiger partial charge on any atom is -0.486 e. The van der Waals surface area contributed by atoms with E-state index < -0.39 is 30.8 Å². The first-order valence-corrected chi connectivity index (χ1v) is 9.89. The monoisotopic (exact) mass is 456 g/mol. The molecule has 0 bridgehead atoms. The average molecular weight is 456 g/mol. The quantitative estimate of drug-likeness (QED) is 0.523. The first kappa shape index (κ1) is 22.2. The maximum atomic E-state index is 13.8. The number of methoxy groups -OCH3 is 1. The molecular formula is C23H19F3N4O3. The van der Waals surface area contributed by atoms with Crippen molar-refractivity contribution in [2.75, 3.05) is 25.1 Å². The molecule has 0 unspecified atom stereocenters. The number of nitriles is 1. The van der Waals surface area contributed by atoms with Crippen molar-refractivity contribution in [1.29, 1.82) is 5.26 Å². The third-order valence-corrected chi connectivity index (χ3v) is 5.20. The molecule has 1 aliphatic heterocycles. The number of benzene rings is 1. The molecule has 1 aliphatic rings. The predicted molar refractivity (Wildman–Crippen MR) is 113 cm³/mol. The second-order valence-corrected chi connectivity index (χ2v) is 7.72. The Morgan fingerprint density at radius 1 is 1.24 bits per heavy atom. The lowest BCUT2D eigenvalue weighted by Crippen LogP contribution is -2.56. The first-order chi connectivity index (χ1) is 15.7. The number of aryl methyl sites for hydroxylation is 1. The first-order valence-electron chi connectivity index (χ1n) is 9.89. The van der Waals surface area contributed by atoms with Gasteiger partial charge in [0, 0.05) is 19.3 Å². The Balaban J connectivity index is 1.69. The number of nitrogens with zero attached hydrogens (tertiary/aromatic N) is 4. The average Bonchev–Trinajstić information content (AvgIpc) is 3.16. The van der Waals surface area contributed by atoms with Gasteiger partial charge < -0.3 is 18.9 Å². The number of ether oxygens (including phenoxy) is 2. The summed E-state index contributed by atoms with van der Waals surface area (Å²) in [5, 5.41) is 9.06. The van der Waals surface area contributed by atoms with Crippen LogP contribution in [0.15, 0.2) is 42.7 Å². The van der Waals surface area contributed by atoms with Gasteiger partial charge in [0.25, 0.3) is 5.92 Å². The lowest BCUT2D eigenvalue weighted by Gasteiger charge is -2.40. The Hall–Kier alpha value is -4.00. The number of carbonyl (C=O) groups excluding carboxylic acids is 1. The number of pyridine rings is 1. The van der Waals surface area contributed by atoms with Gasteiger partial charge in [-0.15, -0.1) is 0 Å². The number of rotatable bonds is 6. The highest BCUT2D eigenvalue weighted by molar-refractivity contribution is 5.91. The smallest absolute Gasteiger partial charge is 0.339 e. The van der Waals surface area contributed by atoms with Gasteiger partial charge in [0.15, 0.2) is 0 Å². The molecule has 0 N–H and O–H groups in total. The van der Waals surface area contributed by atoms with E-state index in [9.17, 15) is 18.0 Å². The van der Waals surface area contributed by atoms with E-state index in [0.717, 1.165) is 6.07 Å². The van der Waals surface area contributed by atoms with Gasteiger partial charge in [-0.05, 0) is 29.8 Å². The molecule has 2 aromatic heterocycles. The van der Waals surface area contributed by atoms with E-state index in [-0.39, 0.29) is 17.9 Å². The fourth-order valence-corrected chi connectivity index (χ4v) is 3.59. The number of aromatic nitrogens is 2. The summed E-state index contributed by atoms with van der Waals surface area (Å²) in [4.78, 5) is 17.8. The van der Waals surface area contributed by atoms with Gasteiger partial charge in [-0.25, -0.2) is 22.9 Å². The number of hydrogen-bond donors (Lipinski definition) is 0. The number of esters is 1. The van der Waals surface area contributed by atoms with Crippen molar-refractivity contribution >= 4 is 11.7 Å². The summed E-state index contributed by atoms with van der Waals surface area (Å²) in [5.41, 5.74) is 2.20. The minimum absolute atomic E-state index is 0.0883. The molecule has 0 aliphatic carbocycles. The molecule has 0 radical (unpaired) electrons. The van der Waals surface area contributed by atoms with Gasteiger partial charge >= 0.3 is 5.97 Å². The van der Waals surface area contributed by atoms with Crippen molar-refractivity contribution in [1.82, 2.24) is 9.55 Å². The molecule has 0 amide bonds. The van der Waals surface area contributed by atoms with Gasteiger partial charge in [0.2, 0.25) is 0 Å². The highest BCUT2D eigenvalue weighted by Gasteiger charge is 2.44. The summed E-state index contributed by atoms with van der Waals surface area (Å²) < 4.78 is 52.9. The Kier molecular flexibility index (Phi) is 5.72. The second kappa shape index (κ2) is 8.50. The largest absolute Gasteiger partial charge is 0.486 e. The predicted octanol–water partition coefficient (Wildman–Crippen LogP) is 3.92. The van der Waals surface area contributed by atoms with Crippen molar-refractivity contribution in [2.45, 2.75) is 12.5 Å². The second-order valence-electron chi connectivity index (χ2n) is 7.72. The van der Waals surface area contributed by atoms with Crippen LogP contribution in [0.25, 0.3) is 11.4 Å². The Bertz CT molecular complexity index is 1260. The van der Waals surface area contributed by atoms with Gasteiger partial charge in [-0.1, -0.05) is 0 Å². The third kappa shape index (κ3) is 4.62. The van der Waals surface area contributed by atoms with E-state index in [1.807, 2.05) is 6.07 Å². The molecule has 3 heterocycles. The molecule has 0 saturated carbocycles. The van der Waals surface area contributed by atoms with Gasteiger partial charge in [-0.3, -0.25) is 0 Å². The highest BCUT2D eigenvalue weighted by Crippen LogP contribution is 2.37. The molecule has 1 fully saturated rings. The molecule has 10 heteroatoms. The van der Waals surface area contributed by atoms with Gasteiger partial charge in [0.05, 0.1) is 55.0 Å². The zero-order valence-electron chi connectivity index (χ0n) is 17.8. The maximum absolute atomic E-state index is 13.8. The zero-order valence-corrected chi connectivity index (χ0v) is 17.8. The molecule has 1 saturated heterocycles. The molecular weight excluding hydrogens is 437 g/mol. The summed E-state index contributed by atoms with van der Waals surface area (Å²) >= 11 is 0. The summed E-state index contributed by atoms with van der Waals surface area (Å²) in [5.74, 6) is -3.61. The summed E-state index contributed by atoms with van der Waals surface area (Å²) in [6, 6.07) is 8.88. The molecule has 7 nitrogen and oxygen atoms in total. The molecule has 0 spiro atoms. The highest BCUT2D eigenvalue weighted by atomic mass is 19.3. The van der Waals surface area contributed by atoms with E-state index in [1.54, 1.807) is 29.9 Å². The number of halogens is 3. The third-order valence-electron chi connectivity index (χ3n) is 5.20. The zero-order chi connectivity index (χ0) is 23.8. The van der Waals surface area contributed by atoms with E-state index in [1.165, 1.54) is 30.3 Å². The summed E-state index contributed by atoms with van der Waals surface area (Å²) in [6.45, 7) is -0.950. The van der Waals surface area contributed by atoms with Gasteiger partial charge in [0.1, 0.15) is 23.9 Å². The van der Waals surface area contributed by atoms with Crippen molar-refractivity contribution < 1.29 is 27.4 Å². The number of carbonyl (C=O) groups is 1. The van der Waals surface area contributed by atoms with E-state index in [0.29, 0.717) is 28.2 Å². The minimum atomic E-state index is -2.76. The topological polar surface area (TPSA) is 80.4 Å². The van der Waals surface area contributed by atoms with Crippen molar-refractivity contribution in [2.24, 2.45) is 7.05 Å². The van der Waals surface area contributed by atoms with Crippen LogP contribution in [0.4, 0.5) is 18.9 Å². The number of alkyl halides is 2. The van der Waals surface area contributed by atoms with Crippen molar-refractivity contribution in [3.8, 4) is 23.2 Å². The Labute approximate surface area is 187 Å². The van der Waals surface area contributed by atoms with Crippen LogP contribution in [0.2, 0.25) is 0 Å². The molecule has 33 heavy (non-hydrogen) atoms. The van der Waals surface area contributed by atoms with Crippen molar-refractivity contribution in [3.63, 3.8) is 0 Å². The standard InChI is InChI=1S/C23H19F3N4O3/c1-29-10-16(22(31)32-2)6-19(29)21-20(7-18(9-28-21)30-12-23(25,26)13-30)33-11-15-3-14(8-27)4-17(24)5-15/h3-7,9-10H,11-13H2,1-2H3. The summed E-state index contributed by atoms with van der Waals surface area (Å²) in [7, 11) is 2.98.